The number of hydrogen-bond donors (Lipinski definition) is 1. The monoisotopic (exact) mass is 407 g/mol. The molecule has 0 saturated heterocycles. The average molecular weight is 408 g/mol. The van der Waals surface area contributed by atoms with Crippen LogP contribution >= 0.6 is 11.6 Å². The lowest BCUT2D eigenvalue weighted by molar-refractivity contribution is 0.0946. The standard InChI is InChI=1S/C21H15ClFN5O/c22-16-6-2-4-8-18(16)28-20(14-9-11-24-12-10-14)19(26-27-28)21(29)25-13-15-5-1-3-7-17(15)23/h1-12H,13H2,(H,25,29). The van der Waals surface area contributed by atoms with Crippen molar-refractivity contribution in [3.63, 3.8) is 0 Å². The average Bonchev–Trinajstić information content (AvgIpc) is 3.19. The molecule has 2 aromatic heterocycles. The zero-order chi connectivity index (χ0) is 20.2. The van der Waals surface area contributed by atoms with Crippen molar-refractivity contribution in [3.05, 3.63) is 95.2 Å². The van der Waals surface area contributed by atoms with Crippen molar-refractivity contribution in [2.75, 3.05) is 0 Å². The molecular formula is C21H15ClFN5O. The van der Waals surface area contributed by atoms with Gasteiger partial charge in [-0.1, -0.05) is 47.1 Å². The molecule has 0 bridgehead atoms. The van der Waals surface area contributed by atoms with Crippen molar-refractivity contribution in [2.24, 2.45) is 0 Å². The maximum atomic E-state index is 13.9. The van der Waals surface area contributed by atoms with E-state index in [1.165, 1.54) is 10.7 Å². The minimum Gasteiger partial charge on any atom is -0.346 e. The SMILES string of the molecule is O=C(NCc1ccccc1F)c1nnn(-c2ccccc2Cl)c1-c1ccncc1. The summed E-state index contributed by atoms with van der Waals surface area (Å²) < 4.78 is 15.4. The quantitative estimate of drug-likeness (QED) is 0.541. The number of carbonyl (C=O) groups excluding carboxylic acids is 1. The fourth-order valence-corrected chi connectivity index (χ4v) is 3.11. The highest BCUT2D eigenvalue weighted by atomic mass is 35.5. The molecule has 4 aromatic rings. The molecule has 0 spiro atoms. The molecule has 29 heavy (non-hydrogen) atoms. The Bertz CT molecular complexity index is 1160. The smallest absolute Gasteiger partial charge is 0.274 e. The van der Waals surface area contributed by atoms with E-state index in [4.69, 9.17) is 11.6 Å². The summed E-state index contributed by atoms with van der Waals surface area (Å²) in [6, 6.07) is 16.9. The van der Waals surface area contributed by atoms with Crippen LogP contribution in [0.4, 0.5) is 4.39 Å². The summed E-state index contributed by atoms with van der Waals surface area (Å²) in [5.41, 5.74) is 2.23. The number of halogens is 2. The van der Waals surface area contributed by atoms with E-state index in [-0.39, 0.29) is 18.1 Å². The predicted molar refractivity (Wildman–Crippen MR) is 107 cm³/mol. The van der Waals surface area contributed by atoms with E-state index in [0.29, 0.717) is 27.5 Å². The van der Waals surface area contributed by atoms with Crippen molar-refractivity contribution < 1.29 is 9.18 Å². The van der Waals surface area contributed by atoms with Crippen LogP contribution < -0.4 is 5.32 Å². The Morgan fingerprint density at radius 2 is 1.76 bits per heavy atom. The van der Waals surface area contributed by atoms with Crippen LogP contribution in [0.15, 0.2) is 73.1 Å². The highest BCUT2D eigenvalue weighted by Gasteiger charge is 2.23. The Morgan fingerprint density at radius 3 is 2.52 bits per heavy atom. The van der Waals surface area contributed by atoms with Crippen LogP contribution in [0.1, 0.15) is 16.1 Å². The third-order valence-electron chi connectivity index (χ3n) is 4.32. The van der Waals surface area contributed by atoms with Gasteiger partial charge >= 0.3 is 0 Å². The largest absolute Gasteiger partial charge is 0.346 e. The minimum atomic E-state index is -0.474. The normalized spacial score (nSPS) is 10.7. The van der Waals surface area contributed by atoms with Gasteiger partial charge in [0, 0.05) is 30.1 Å². The fourth-order valence-electron chi connectivity index (χ4n) is 2.90. The molecule has 1 amide bonds. The molecule has 0 aliphatic heterocycles. The molecule has 0 unspecified atom stereocenters. The lowest BCUT2D eigenvalue weighted by atomic mass is 10.1. The summed E-state index contributed by atoms with van der Waals surface area (Å²) in [7, 11) is 0. The van der Waals surface area contributed by atoms with Crippen LogP contribution in [0.2, 0.25) is 5.02 Å². The Hall–Kier alpha value is -3.58. The van der Waals surface area contributed by atoms with Crippen LogP contribution in [-0.2, 0) is 6.54 Å². The number of carbonyl (C=O) groups is 1. The van der Waals surface area contributed by atoms with Crippen molar-refractivity contribution in [3.8, 4) is 16.9 Å². The summed E-state index contributed by atoms with van der Waals surface area (Å²) in [6.07, 6.45) is 3.22. The number of benzene rings is 2. The first-order valence-corrected chi connectivity index (χ1v) is 9.15. The third kappa shape index (κ3) is 3.86. The lowest BCUT2D eigenvalue weighted by Gasteiger charge is -2.10. The topological polar surface area (TPSA) is 72.7 Å². The van der Waals surface area contributed by atoms with Gasteiger partial charge in [0.15, 0.2) is 5.69 Å². The van der Waals surface area contributed by atoms with Crippen LogP contribution in [0.3, 0.4) is 0 Å². The first-order valence-electron chi connectivity index (χ1n) is 8.78. The van der Waals surface area contributed by atoms with Crippen LogP contribution in [0, 0.1) is 5.82 Å². The van der Waals surface area contributed by atoms with Crippen LogP contribution in [-0.4, -0.2) is 25.9 Å². The zero-order valence-corrected chi connectivity index (χ0v) is 15.8. The molecule has 0 aliphatic carbocycles. The molecule has 0 saturated carbocycles. The summed E-state index contributed by atoms with van der Waals surface area (Å²) in [5.74, 6) is -0.861. The maximum Gasteiger partial charge on any atom is 0.274 e. The Morgan fingerprint density at radius 1 is 1.03 bits per heavy atom. The highest BCUT2D eigenvalue weighted by molar-refractivity contribution is 6.32. The number of hydrogen-bond acceptors (Lipinski definition) is 4. The molecule has 0 radical (unpaired) electrons. The minimum absolute atomic E-state index is 0.0280. The summed E-state index contributed by atoms with van der Waals surface area (Å²) in [5, 5.41) is 11.4. The maximum absolute atomic E-state index is 13.9. The molecule has 1 N–H and O–H groups in total. The molecular weight excluding hydrogens is 393 g/mol. The summed E-state index contributed by atoms with van der Waals surface area (Å²) >= 11 is 6.32. The molecule has 0 fully saturated rings. The Kier molecular flexibility index (Phi) is 5.31. The van der Waals surface area contributed by atoms with Gasteiger partial charge in [-0.15, -0.1) is 5.10 Å². The first kappa shape index (κ1) is 18.8. The molecule has 6 nitrogen and oxygen atoms in total. The molecule has 144 valence electrons. The second-order valence-electron chi connectivity index (χ2n) is 6.16. The van der Waals surface area contributed by atoms with Gasteiger partial charge in [0.25, 0.3) is 5.91 Å². The first-order chi connectivity index (χ1) is 14.1. The van der Waals surface area contributed by atoms with Crippen molar-refractivity contribution in [1.29, 1.82) is 0 Å². The Labute approximate surface area is 171 Å². The van der Waals surface area contributed by atoms with Crippen LogP contribution in [0.5, 0.6) is 0 Å². The van der Waals surface area contributed by atoms with Gasteiger partial charge in [-0.05, 0) is 30.3 Å². The zero-order valence-electron chi connectivity index (χ0n) is 15.1. The lowest BCUT2D eigenvalue weighted by Crippen LogP contribution is -2.24. The number of nitrogens with one attached hydrogen (secondary N) is 1. The van der Waals surface area contributed by atoms with Gasteiger partial charge in [0.05, 0.1) is 10.7 Å². The van der Waals surface area contributed by atoms with Gasteiger partial charge in [-0.3, -0.25) is 9.78 Å². The molecule has 8 heteroatoms. The number of rotatable bonds is 5. The Balaban J connectivity index is 1.73. The van der Waals surface area contributed by atoms with Crippen LogP contribution in [0.25, 0.3) is 16.9 Å². The van der Waals surface area contributed by atoms with Gasteiger partial charge in [-0.2, -0.15) is 0 Å². The molecule has 0 atom stereocenters. The molecule has 2 heterocycles. The molecule has 2 aromatic carbocycles. The second-order valence-corrected chi connectivity index (χ2v) is 6.57. The highest BCUT2D eigenvalue weighted by Crippen LogP contribution is 2.28. The number of amides is 1. The van der Waals surface area contributed by atoms with E-state index in [1.54, 1.807) is 60.9 Å². The number of para-hydroxylation sites is 1. The van der Waals surface area contributed by atoms with Gasteiger partial charge in [0.1, 0.15) is 11.5 Å². The molecule has 0 aliphatic rings. The second kappa shape index (κ2) is 8.20. The number of pyridine rings is 1. The predicted octanol–water partition coefficient (Wildman–Crippen LogP) is 4.05. The third-order valence-corrected chi connectivity index (χ3v) is 4.64. The van der Waals surface area contributed by atoms with E-state index in [9.17, 15) is 9.18 Å². The summed E-state index contributed by atoms with van der Waals surface area (Å²) in [6.45, 7) is 0.0280. The van der Waals surface area contributed by atoms with Crippen molar-refractivity contribution in [1.82, 2.24) is 25.3 Å². The van der Waals surface area contributed by atoms with E-state index in [1.807, 2.05) is 6.07 Å². The van der Waals surface area contributed by atoms with Crippen molar-refractivity contribution >= 4 is 17.5 Å². The van der Waals surface area contributed by atoms with Gasteiger partial charge in [-0.25, -0.2) is 9.07 Å². The van der Waals surface area contributed by atoms with E-state index < -0.39 is 5.91 Å². The fraction of sp³-hybridized carbons (Fsp3) is 0.0476. The van der Waals surface area contributed by atoms with Crippen molar-refractivity contribution in [2.45, 2.75) is 6.54 Å². The molecule has 4 rings (SSSR count). The van der Waals surface area contributed by atoms with Gasteiger partial charge in [0.2, 0.25) is 0 Å². The van der Waals surface area contributed by atoms with E-state index in [2.05, 4.69) is 20.6 Å². The summed E-state index contributed by atoms with van der Waals surface area (Å²) in [4.78, 5) is 16.9. The van der Waals surface area contributed by atoms with E-state index in [0.717, 1.165) is 0 Å². The van der Waals surface area contributed by atoms with Gasteiger partial charge < -0.3 is 5.32 Å². The van der Waals surface area contributed by atoms with E-state index >= 15 is 0 Å². The number of nitrogens with zero attached hydrogens (tertiary/aromatic N) is 4. The number of aromatic nitrogens is 4.